The molecule has 1 fully saturated rings. The number of hydrogen-bond donors (Lipinski definition) is 1. The van der Waals surface area contributed by atoms with E-state index in [1.165, 1.54) is 18.9 Å². The van der Waals surface area contributed by atoms with E-state index in [0.717, 1.165) is 19.6 Å². The molecule has 1 atom stereocenters. The fourth-order valence-corrected chi connectivity index (χ4v) is 2.73. The van der Waals surface area contributed by atoms with Crippen molar-refractivity contribution in [2.45, 2.75) is 19.8 Å². The Hall–Kier alpha value is -2.13. The molecule has 2 rings (SSSR count). The zero-order valence-corrected chi connectivity index (χ0v) is 12.2. The molecule has 0 aromatic heterocycles. The third-order valence-electron chi connectivity index (χ3n) is 3.75. The Morgan fingerprint density at radius 3 is 2.81 bits per heavy atom. The number of likely N-dealkylation sites (tertiary alicyclic amines) is 1. The second-order valence-corrected chi connectivity index (χ2v) is 5.56. The summed E-state index contributed by atoms with van der Waals surface area (Å²) in [7, 11) is 0. The second kappa shape index (κ2) is 7.04. The molecule has 0 bridgehead atoms. The van der Waals surface area contributed by atoms with E-state index < -0.39 is 4.92 Å². The molecule has 0 spiro atoms. The van der Waals surface area contributed by atoms with Gasteiger partial charge >= 0.3 is 5.69 Å². The maximum atomic E-state index is 11.1. The third-order valence-corrected chi connectivity index (χ3v) is 3.75. The van der Waals surface area contributed by atoms with E-state index in [2.05, 4.69) is 17.1 Å². The Balaban J connectivity index is 1.99. The number of nitriles is 1. The number of hydrogen-bond acceptors (Lipinski definition) is 5. The number of nitrogens with one attached hydrogen (secondary N) is 1. The highest BCUT2D eigenvalue weighted by Gasteiger charge is 2.20. The van der Waals surface area contributed by atoms with Gasteiger partial charge in [0.1, 0.15) is 17.3 Å². The van der Waals surface area contributed by atoms with Crippen molar-refractivity contribution >= 4 is 11.4 Å². The quantitative estimate of drug-likeness (QED) is 0.642. The Labute approximate surface area is 124 Å². The molecule has 6 heteroatoms. The minimum Gasteiger partial charge on any atom is -0.379 e. The van der Waals surface area contributed by atoms with Crippen molar-refractivity contribution in [3.63, 3.8) is 0 Å². The number of nitrogens with zero attached hydrogens (tertiary/aromatic N) is 3. The van der Waals surface area contributed by atoms with Crippen molar-refractivity contribution in [2.75, 3.05) is 31.5 Å². The Morgan fingerprint density at radius 1 is 1.48 bits per heavy atom. The minimum absolute atomic E-state index is 0.0946. The molecule has 0 aliphatic carbocycles. The number of para-hydroxylation sites is 1. The van der Waals surface area contributed by atoms with Crippen LogP contribution in [0, 0.1) is 27.4 Å². The van der Waals surface area contributed by atoms with Gasteiger partial charge in [-0.1, -0.05) is 13.0 Å². The molecule has 1 aromatic rings. The highest BCUT2D eigenvalue weighted by Crippen LogP contribution is 2.28. The summed E-state index contributed by atoms with van der Waals surface area (Å²) >= 11 is 0. The molecule has 1 heterocycles. The van der Waals surface area contributed by atoms with Gasteiger partial charge in [0, 0.05) is 13.1 Å². The monoisotopic (exact) mass is 288 g/mol. The molecular formula is C15H20N4O2. The summed E-state index contributed by atoms with van der Waals surface area (Å²) in [6.45, 7) is 6.08. The van der Waals surface area contributed by atoms with Crippen LogP contribution in [-0.4, -0.2) is 36.0 Å². The van der Waals surface area contributed by atoms with Crippen LogP contribution in [0.2, 0.25) is 0 Å². The lowest BCUT2D eigenvalue weighted by Gasteiger charge is -2.20. The van der Waals surface area contributed by atoms with Crippen LogP contribution >= 0.6 is 0 Å². The standard InChI is InChI=1S/C15H20N4O2/c1-12(11-18-7-2-3-8-18)10-17-14-6-4-5-13(9-16)15(14)19(20)21/h4-6,12,17H,2-3,7-8,10-11H2,1H3. The molecule has 1 aromatic carbocycles. The Morgan fingerprint density at radius 2 is 2.19 bits per heavy atom. The Bertz CT molecular complexity index is 547. The number of benzene rings is 1. The van der Waals surface area contributed by atoms with E-state index >= 15 is 0 Å². The van der Waals surface area contributed by atoms with Crippen molar-refractivity contribution in [3.8, 4) is 6.07 Å². The summed E-state index contributed by atoms with van der Waals surface area (Å²) < 4.78 is 0. The van der Waals surface area contributed by atoms with Crippen LogP contribution in [0.5, 0.6) is 0 Å². The van der Waals surface area contributed by atoms with Crippen LogP contribution in [0.4, 0.5) is 11.4 Å². The van der Waals surface area contributed by atoms with Gasteiger partial charge in [0.2, 0.25) is 0 Å². The molecule has 0 saturated carbocycles. The summed E-state index contributed by atoms with van der Waals surface area (Å²) in [6.07, 6.45) is 2.52. The highest BCUT2D eigenvalue weighted by molar-refractivity contribution is 5.68. The number of nitro groups is 1. The molecule has 6 nitrogen and oxygen atoms in total. The van der Waals surface area contributed by atoms with Gasteiger partial charge in [-0.05, 0) is 44.0 Å². The van der Waals surface area contributed by atoms with Crippen LogP contribution < -0.4 is 5.32 Å². The van der Waals surface area contributed by atoms with Gasteiger partial charge in [0.05, 0.1) is 4.92 Å². The van der Waals surface area contributed by atoms with E-state index in [4.69, 9.17) is 5.26 Å². The summed E-state index contributed by atoms with van der Waals surface area (Å²) in [5, 5.41) is 23.2. The number of nitro benzene ring substituents is 1. The fraction of sp³-hybridized carbons (Fsp3) is 0.533. The van der Waals surface area contributed by atoms with Gasteiger partial charge in [-0.25, -0.2) is 0 Å². The molecular weight excluding hydrogens is 268 g/mol. The maximum absolute atomic E-state index is 11.1. The first kappa shape index (κ1) is 15.3. The van der Waals surface area contributed by atoms with Crippen molar-refractivity contribution in [3.05, 3.63) is 33.9 Å². The molecule has 112 valence electrons. The topological polar surface area (TPSA) is 82.2 Å². The molecule has 0 amide bonds. The molecule has 1 N–H and O–H groups in total. The zero-order chi connectivity index (χ0) is 15.2. The van der Waals surface area contributed by atoms with Gasteiger partial charge in [0.25, 0.3) is 0 Å². The summed E-state index contributed by atoms with van der Waals surface area (Å²) in [5.41, 5.74) is 0.387. The SMILES string of the molecule is CC(CNc1cccc(C#N)c1[N+](=O)[O-])CN1CCCC1. The fourth-order valence-electron chi connectivity index (χ4n) is 2.73. The van der Waals surface area contributed by atoms with Crippen LogP contribution in [0.15, 0.2) is 18.2 Å². The lowest BCUT2D eigenvalue weighted by molar-refractivity contribution is -0.384. The highest BCUT2D eigenvalue weighted by atomic mass is 16.6. The van der Waals surface area contributed by atoms with Crippen LogP contribution in [0.1, 0.15) is 25.3 Å². The number of rotatable bonds is 6. The second-order valence-electron chi connectivity index (χ2n) is 5.56. The van der Waals surface area contributed by atoms with E-state index in [1.54, 1.807) is 12.1 Å². The summed E-state index contributed by atoms with van der Waals surface area (Å²) in [6, 6.07) is 6.66. The van der Waals surface area contributed by atoms with Crippen molar-refractivity contribution < 1.29 is 4.92 Å². The number of anilines is 1. The van der Waals surface area contributed by atoms with Crippen molar-refractivity contribution in [2.24, 2.45) is 5.92 Å². The first-order valence-corrected chi connectivity index (χ1v) is 7.25. The molecule has 21 heavy (non-hydrogen) atoms. The van der Waals surface area contributed by atoms with E-state index in [1.807, 2.05) is 6.07 Å². The zero-order valence-electron chi connectivity index (χ0n) is 12.2. The van der Waals surface area contributed by atoms with Gasteiger partial charge in [-0.15, -0.1) is 0 Å². The van der Waals surface area contributed by atoms with E-state index in [9.17, 15) is 10.1 Å². The van der Waals surface area contributed by atoms with Crippen LogP contribution in [0.25, 0.3) is 0 Å². The first-order valence-electron chi connectivity index (χ1n) is 7.25. The van der Waals surface area contributed by atoms with Crippen molar-refractivity contribution in [1.29, 1.82) is 5.26 Å². The average Bonchev–Trinajstić information content (AvgIpc) is 2.97. The van der Waals surface area contributed by atoms with Crippen LogP contribution in [0.3, 0.4) is 0 Å². The van der Waals surface area contributed by atoms with E-state index in [-0.39, 0.29) is 11.3 Å². The molecule has 1 aliphatic rings. The van der Waals surface area contributed by atoms with E-state index in [0.29, 0.717) is 18.2 Å². The maximum Gasteiger partial charge on any atom is 0.309 e. The molecule has 1 aliphatic heterocycles. The lowest BCUT2D eigenvalue weighted by atomic mass is 10.1. The van der Waals surface area contributed by atoms with Gasteiger partial charge in [-0.3, -0.25) is 10.1 Å². The van der Waals surface area contributed by atoms with Gasteiger partial charge in [-0.2, -0.15) is 5.26 Å². The Kier molecular flexibility index (Phi) is 5.12. The molecule has 0 radical (unpaired) electrons. The smallest absolute Gasteiger partial charge is 0.309 e. The van der Waals surface area contributed by atoms with Gasteiger partial charge in [0.15, 0.2) is 0 Å². The predicted octanol–water partition coefficient (Wildman–Crippen LogP) is 2.61. The van der Waals surface area contributed by atoms with Crippen molar-refractivity contribution in [1.82, 2.24) is 4.90 Å². The molecule has 1 saturated heterocycles. The average molecular weight is 288 g/mol. The minimum atomic E-state index is -0.494. The summed E-state index contributed by atoms with van der Waals surface area (Å²) in [5.74, 6) is 0.397. The van der Waals surface area contributed by atoms with Crippen LogP contribution in [-0.2, 0) is 0 Å². The normalized spacial score (nSPS) is 16.4. The first-order chi connectivity index (χ1) is 10.1. The summed E-state index contributed by atoms with van der Waals surface area (Å²) in [4.78, 5) is 13.1. The third kappa shape index (κ3) is 3.92. The largest absolute Gasteiger partial charge is 0.379 e. The predicted molar refractivity (Wildman–Crippen MR) is 81.1 cm³/mol. The molecule has 1 unspecified atom stereocenters. The van der Waals surface area contributed by atoms with Gasteiger partial charge < -0.3 is 10.2 Å². The lowest BCUT2D eigenvalue weighted by Crippen LogP contribution is -2.29.